The summed E-state index contributed by atoms with van der Waals surface area (Å²) < 4.78 is 35.8. The van der Waals surface area contributed by atoms with Crippen molar-refractivity contribution in [3.05, 3.63) is 53.1 Å². The van der Waals surface area contributed by atoms with Crippen molar-refractivity contribution in [2.75, 3.05) is 13.1 Å². The number of sulfonamides is 1. The summed E-state index contributed by atoms with van der Waals surface area (Å²) in [6, 6.07) is 12.3. The maximum atomic E-state index is 13.1. The lowest BCUT2D eigenvalue weighted by molar-refractivity contribution is -0.126. The SMILES string of the molecule is O=C(NCc1ccc(Cl)cc1)C1CCN(S(=O)(=O)c2cccc3nsnc23)CC1. The molecule has 0 unspecified atom stereocenters. The van der Waals surface area contributed by atoms with E-state index < -0.39 is 10.0 Å². The summed E-state index contributed by atoms with van der Waals surface area (Å²) in [7, 11) is -3.67. The van der Waals surface area contributed by atoms with Crippen LogP contribution in [0, 0.1) is 5.92 Å². The maximum Gasteiger partial charge on any atom is 0.245 e. The minimum absolute atomic E-state index is 0.0530. The average Bonchev–Trinajstić information content (AvgIpc) is 3.22. The molecule has 1 aliphatic rings. The van der Waals surface area contributed by atoms with Gasteiger partial charge >= 0.3 is 0 Å². The zero-order valence-corrected chi connectivity index (χ0v) is 17.8. The Bertz CT molecular complexity index is 1120. The van der Waals surface area contributed by atoms with Crippen molar-refractivity contribution >= 4 is 50.3 Å². The number of halogens is 1. The number of fused-ring (bicyclic) bond motifs is 1. The van der Waals surface area contributed by atoms with E-state index in [1.54, 1.807) is 30.3 Å². The highest BCUT2D eigenvalue weighted by Crippen LogP contribution is 2.28. The van der Waals surface area contributed by atoms with Crippen LogP contribution in [-0.2, 0) is 21.4 Å². The summed E-state index contributed by atoms with van der Waals surface area (Å²) in [6.45, 7) is 1.03. The Morgan fingerprint density at radius 2 is 1.86 bits per heavy atom. The Morgan fingerprint density at radius 3 is 2.59 bits per heavy atom. The van der Waals surface area contributed by atoms with E-state index in [4.69, 9.17) is 11.6 Å². The van der Waals surface area contributed by atoms with Crippen molar-refractivity contribution in [2.24, 2.45) is 5.92 Å². The second-order valence-electron chi connectivity index (χ2n) is 6.91. The molecule has 152 valence electrons. The third kappa shape index (κ3) is 4.28. The first-order chi connectivity index (χ1) is 13.9. The number of carbonyl (C=O) groups is 1. The number of nitrogens with zero attached hydrogens (tertiary/aromatic N) is 3. The van der Waals surface area contributed by atoms with Crippen molar-refractivity contribution in [1.29, 1.82) is 0 Å². The Morgan fingerprint density at radius 1 is 1.14 bits per heavy atom. The van der Waals surface area contributed by atoms with Gasteiger partial charge in [-0.3, -0.25) is 4.79 Å². The second kappa shape index (κ2) is 8.35. The van der Waals surface area contributed by atoms with Crippen molar-refractivity contribution in [1.82, 2.24) is 18.4 Å². The van der Waals surface area contributed by atoms with Crippen LogP contribution in [-0.4, -0.2) is 40.5 Å². The predicted molar refractivity (Wildman–Crippen MR) is 112 cm³/mol. The van der Waals surface area contributed by atoms with E-state index in [-0.39, 0.29) is 16.7 Å². The molecule has 1 saturated heterocycles. The fourth-order valence-electron chi connectivity index (χ4n) is 3.42. The highest BCUT2D eigenvalue weighted by molar-refractivity contribution is 7.89. The molecule has 0 saturated carbocycles. The van der Waals surface area contributed by atoms with Gasteiger partial charge in [-0.15, -0.1) is 0 Å². The van der Waals surface area contributed by atoms with E-state index in [0.29, 0.717) is 48.5 Å². The lowest BCUT2D eigenvalue weighted by Crippen LogP contribution is -2.42. The molecule has 0 spiro atoms. The highest BCUT2D eigenvalue weighted by Gasteiger charge is 2.33. The molecule has 0 radical (unpaired) electrons. The van der Waals surface area contributed by atoms with Gasteiger partial charge in [-0.1, -0.05) is 29.8 Å². The van der Waals surface area contributed by atoms with E-state index >= 15 is 0 Å². The molecule has 2 aromatic carbocycles. The number of rotatable bonds is 5. The van der Waals surface area contributed by atoms with Crippen LogP contribution in [0.1, 0.15) is 18.4 Å². The van der Waals surface area contributed by atoms with Crippen LogP contribution in [0.4, 0.5) is 0 Å². The number of piperidine rings is 1. The number of aromatic nitrogens is 2. The largest absolute Gasteiger partial charge is 0.352 e. The smallest absolute Gasteiger partial charge is 0.245 e. The first-order valence-electron chi connectivity index (χ1n) is 9.19. The summed E-state index contributed by atoms with van der Waals surface area (Å²) in [5.41, 5.74) is 1.95. The topological polar surface area (TPSA) is 92.3 Å². The van der Waals surface area contributed by atoms with Crippen LogP contribution in [0.5, 0.6) is 0 Å². The molecule has 2 heterocycles. The van der Waals surface area contributed by atoms with Crippen LogP contribution in [0.15, 0.2) is 47.4 Å². The maximum absolute atomic E-state index is 13.1. The lowest BCUT2D eigenvalue weighted by atomic mass is 9.97. The Labute approximate surface area is 178 Å². The zero-order chi connectivity index (χ0) is 20.4. The van der Waals surface area contributed by atoms with Gasteiger partial charge in [0.2, 0.25) is 15.9 Å². The molecule has 1 aliphatic heterocycles. The molecular formula is C19H19ClN4O3S2. The van der Waals surface area contributed by atoms with Gasteiger partial charge in [-0.25, -0.2) is 8.42 Å². The van der Waals surface area contributed by atoms with Crippen molar-refractivity contribution in [3.8, 4) is 0 Å². The average molecular weight is 451 g/mol. The van der Waals surface area contributed by atoms with Crippen LogP contribution < -0.4 is 5.32 Å². The molecule has 4 rings (SSSR count). The number of amides is 1. The minimum Gasteiger partial charge on any atom is -0.352 e. The van der Waals surface area contributed by atoms with Crippen LogP contribution in [0.2, 0.25) is 5.02 Å². The predicted octanol–water partition coefficient (Wildman–Crippen LogP) is 3.06. The first-order valence-corrected chi connectivity index (χ1v) is 11.7. The molecular weight excluding hydrogens is 432 g/mol. The number of nitrogens with one attached hydrogen (secondary N) is 1. The van der Waals surface area contributed by atoms with Crippen molar-refractivity contribution in [2.45, 2.75) is 24.3 Å². The molecule has 1 amide bonds. The van der Waals surface area contributed by atoms with Gasteiger partial charge in [0.15, 0.2) is 0 Å². The summed E-state index contributed by atoms with van der Waals surface area (Å²) in [4.78, 5) is 12.7. The van der Waals surface area contributed by atoms with Gasteiger partial charge in [-0.05, 0) is 42.7 Å². The van der Waals surface area contributed by atoms with E-state index in [2.05, 4.69) is 14.1 Å². The van der Waals surface area contributed by atoms with Gasteiger partial charge in [0.25, 0.3) is 0 Å². The molecule has 7 nitrogen and oxygen atoms in total. The molecule has 29 heavy (non-hydrogen) atoms. The Balaban J connectivity index is 1.38. The van der Waals surface area contributed by atoms with Crippen molar-refractivity contribution < 1.29 is 13.2 Å². The summed E-state index contributed by atoms with van der Waals surface area (Å²) >= 11 is 6.86. The van der Waals surface area contributed by atoms with E-state index in [9.17, 15) is 13.2 Å². The number of benzene rings is 2. The Kier molecular flexibility index (Phi) is 5.82. The van der Waals surface area contributed by atoms with Gasteiger partial charge in [-0.2, -0.15) is 13.1 Å². The lowest BCUT2D eigenvalue weighted by Gasteiger charge is -2.30. The molecule has 1 N–H and O–H groups in total. The molecule has 0 aliphatic carbocycles. The molecule has 1 aromatic heterocycles. The van der Waals surface area contributed by atoms with Crippen LogP contribution in [0.3, 0.4) is 0 Å². The van der Waals surface area contributed by atoms with E-state index in [1.807, 2.05) is 12.1 Å². The molecule has 0 atom stereocenters. The van der Waals surface area contributed by atoms with E-state index in [0.717, 1.165) is 17.3 Å². The van der Waals surface area contributed by atoms with Crippen LogP contribution in [0.25, 0.3) is 11.0 Å². The van der Waals surface area contributed by atoms with Gasteiger partial charge in [0.1, 0.15) is 15.9 Å². The summed E-state index contributed by atoms with van der Waals surface area (Å²) in [6.07, 6.45) is 0.966. The third-order valence-corrected chi connectivity index (χ3v) is 7.80. The summed E-state index contributed by atoms with van der Waals surface area (Å²) in [5, 5.41) is 3.58. The normalized spacial score (nSPS) is 16.2. The highest BCUT2D eigenvalue weighted by atomic mass is 35.5. The number of carbonyl (C=O) groups excluding carboxylic acids is 1. The first kappa shape index (κ1) is 20.2. The molecule has 3 aromatic rings. The molecule has 1 fully saturated rings. The standard InChI is InChI=1S/C19H19ClN4O3S2/c20-15-6-4-13(5-7-15)12-21-19(25)14-8-10-24(11-9-14)29(26,27)17-3-1-2-16-18(17)23-28-22-16/h1-7,14H,8-12H2,(H,21,25). The van der Waals surface area contributed by atoms with Crippen LogP contribution >= 0.6 is 23.3 Å². The summed E-state index contributed by atoms with van der Waals surface area (Å²) in [5.74, 6) is -0.256. The van der Waals surface area contributed by atoms with E-state index in [1.165, 1.54) is 4.31 Å². The number of hydrogen-bond donors (Lipinski definition) is 1. The molecule has 10 heteroatoms. The van der Waals surface area contributed by atoms with Gasteiger partial charge in [0.05, 0.1) is 11.7 Å². The van der Waals surface area contributed by atoms with Gasteiger partial charge < -0.3 is 5.32 Å². The fraction of sp³-hybridized carbons (Fsp3) is 0.316. The quantitative estimate of drug-likeness (QED) is 0.644. The zero-order valence-electron chi connectivity index (χ0n) is 15.4. The minimum atomic E-state index is -3.67. The molecule has 0 bridgehead atoms. The number of hydrogen-bond acceptors (Lipinski definition) is 6. The fourth-order valence-corrected chi connectivity index (χ4v) is 5.77. The monoisotopic (exact) mass is 450 g/mol. The third-order valence-electron chi connectivity index (χ3n) is 5.07. The van der Waals surface area contributed by atoms with Crippen molar-refractivity contribution in [3.63, 3.8) is 0 Å². The van der Waals surface area contributed by atoms with Gasteiger partial charge in [0, 0.05) is 30.6 Å². The Hall–Kier alpha value is -2.07. The second-order valence-corrected chi connectivity index (χ2v) is 9.78.